The van der Waals surface area contributed by atoms with Crippen molar-refractivity contribution in [2.24, 2.45) is 0 Å². The Balaban J connectivity index is 2.11. The Morgan fingerprint density at radius 3 is 2.30 bits per heavy atom. The molecule has 1 aliphatic heterocycles. The summed E-state index contributed by atoms with van der Waals surface area (Å²) < 4.78 is 6.13. The van der Waals surface area contributed by atoms with E-state index in [0.717, 1.165) is 15.6 Å². The number of hydrogen-bond donors (Lipinski definition) is 0. The van der Waals surface area contributed by atoms with Crippen molar-refractivity contribution in [2.75, 3.05) is 11.5 Å². The summed E-state index contributed by atoms with van der Waals surface area (Å²) in [6.45, 7) is 5.77. The number of esters is 1. The van der Waals surface area contributed by atoms with Gasteiger partial charge in [-0.2, -0.15) is 0 Å². The number of hydrogen-bond acceptors (Lipinski definition) is 3. The predicted molar refractivity (Wildman–Crippen MR) is 110 cm³/mol. The summed E-state index contributed by atoms with van der Waals surface area (Å²) in [5, 5.41) is 0. The summed E-state index contributed by atoms with van der Waals surface area (Å²) in [5.74, 6) is -0.722. The molecule has 1 aliphatic rings. The van der Waals surface area contributed by atoms with E-state index in [1.165, 1.54) is 0 Å². The summed E-state index contributed by atoms with van der Waals surface area (Å²) >= 11 is 3.40. The van der Waals surface area contributed by atoms with E-state index in [9.17, 15) is 9.59 Å². The van der Waals surface area contributed by atoms with E-state index in [2.05, 4.69) is 15.9 Å². The predicted octanol–water partition coefficient (Wildman–Crippen LogP) is 5.02. The molecule has 0 N–H and O–H groups in total. The first-order valence-electron chi connectivity index (χ1n) is 8.69. The van der Waals surface area contributed by atoms with Crippen LogP contribution in [0.25, 0.3) is 6.08 Å². The molecule has 0 atom stereocenters. The number of carbonyl (C=O) groups excluding carboxylic acids is 2. The Morgan fingerprint density at radius 1 is 1.07 bits per heavy atom. The first-order chi connectivity index (χ1) is 12.9. The largest absolute Gasteiger partial charge is 0.462 e. The molecule has 0 radical (unpaired) electrons. The zero-order valence-electron chi connectivity index (χ0n) is 15.5. The third kappa shape index (κ3) is 3.88. The second-order valence-corrected chi connectivity index (χ2v) is 7.18. The van der Waals surface area contributed by atoms with E-state index in [0.29, 0.717) is 22.5 Å². The average Bonchev–Trinajstić information content (AvgIpc) is 2.88. The van der Waals surface area contributed by atoms with Crippen LogP contribution in [-0.4, -0.2) is 18.5 Å². The van der Waals surface area contributed by atoms with E-state index in [4.69, 9.17) is 4.74 Å². The van der Waals surface area contributed by atoms with Crippen LogP contribution >= 0.6 is 15.9 Å². The fourth-order valence-corrected chi connectivity index (χ4v) is 3.28. The molecule has 3 rings (SSSR count). The highest BCUT2D eigenvalue weighted by molar-refractivity contribution is 9.10. The van der Waals surface area contributed by atoms with Crippen molar-refractivity contribution in [1.82, 2.24) is 0 Å². The summed E-state index contributed by atoms with van der Waals surface area (Å²) in [6, 6.07) is 15.2. The zero-order chi connectivity index (χ0) is 19.6. The maximum Gasteiger partial charge on any atom is 0.340 e. The van der Waals surface area contributed by atoms with Crippen LogP contribution in [0.5, 0.6) is 0 Å². The minimum Gasteiger partial charge on any atom is -0.462 e. The second-order valence-electron chi connectivity index (χ2n) is 6.27. The Morgan fingerprint density at radius 2 is 1.70 bits per heavy atom. The first kappa shape index (κ1) is 19.1. The van der Waals surface area contributed by atoms with Gasteiger partial charge in [-0.15, -0.1) is 0 Å². The molecule has 0 unspecified atom stereocenters. The maximum atomic E-state index is 13.2. The van der Waals surface area contributed by atoms with Crippen LogP contribution < -0.4 is 4.90 Å². The molecule has 27 heavy (non-hydrogen) atoms. The maximum absolute atomic E-state index is 13.2. The fourth-order valence-electron chi connectivity index (χ4n) is 3.01. The smallest absolute Gasteiger partial charge is 0.340 e. The van der Waals surface area contributed by atoms with Crippen LogP contribution in [0.15, 0.2) is 69.8 Å². The molecule has 4 nitrogen and oxygen atoms in total. The van der Waals surface area contributed by atoms with Gasteiger partial charge in [-0.3, -0.25) is 9.69 Å². The minimum atomic E-state index is -0.485. The van der Waals surface area contributed by atoms with Crippen molar-refractivity contribution in [3.05, 3.63) is 81.0 Å². The number of aryl methyl sites for hydroxylation is 1. The summed E-state index contributed by atoms with van der Waals surface area (Å²) in [7, 11) is 0. The zero-order valence-corrected chi connectivity index (χ0v) is 17.0. The van der Waals surface area contributed by atoms with Crippen LogP contribution in [0.3, 0.4) is 0 Å². The number of ether oxygens (including phenoxy) is 1. The lowest BCUT2D eigenvalue weighted by Crippen LogP contribution is -2.24. The van der Waals surface area contributed by atoms with Crippen molar-refractivity contribution in [2.45, 2.75) is 20.8 Å². The number of amides is 1. The lowest BCUT2D eigenvalue weighted by molar-refractivity contribution is -0.138. The van der Waals surface area contributed by atoms with Crippen molar-refractivity contribution in [3.8, 4) is 0 Å². The molecule has 0 aromatic heterocycles. The molecule has 138 valence electrons. The molecule has 1 amide bonds. The van der Waals surface area contributed by atoms with Crippen LogP contribution in [-0.2, 0) is 14.3 Å². The molecule has 0 bridgehead atoms. The van der Waals surface area contributed by atoms with Crippen LogP contribution in [0.2, 0.25) is 0 Å². The average molecular weight is 426 g/mol. The number of allylic oxidation sites excluding steroid dienone is 1. The SMILES string of the molecule is CCOC(=O)C1=C(C)N(c2ccc(Br)cc2)C(=O)C1=Cc1ccc(C)cc1. The monoisotopic (exact) mass is 425 g/mol. The van der Waals surface area contributed by atoms with E-state index in [-0.39, 0.29) is 12.5 Å². The minimum absolute atomic E-state index is 0.238. The molecule has 5 heteroatoms. The lowest BCUT2D eigenvalue weighted by atomic mass is 10.0. The molecular formula is C22H20BrNO3. The van der Waals surface area contributed by atoms with Gasteiger partial charge in [0, 0.05) is 15.9 Å². The lowest BCUT2D eigenvalue weighted by Gasteiger charge is -2.18. The van der Waals surface area contributed by atoms with E-state index < -0.39 is 5.97 Å². The van der Waals surface area contributed by atoms with Gasteiger partial charge in [-0.1, -0.05) is 45.8 Å². The molecular weight excluding hydrogens is 406 g/mol. The fraction of sp³-hybridized carbons (Fsp3) is 0.182. The number of nitrogens with zero attached hydrogens (tertiary/aromatic N) is 1. The Bertz CT molecular complexity index is 941. The highest BCUT2D eigenvalue weighted by Gasteiger charge is 2.38. The highest BCUT2D eigenvalue weighted by atomic mass is 79.9. The van der Waals surface area contributed by atoms with Gasteiger partial charge in [0.25, 0.3) is 5.91 Å². The number of carbonyl (C=O) groups is 2. The number of anilines is 1. The molecule has 0 aliphatic carbocycles. The van der Waals surface area contributed by atoms with Crippen molar-refractivity contribution < 1.29 is 14.3 Å². The first-order valence-corrected chi connectivity index (χ1v) is 9.48. The van der Waals surface area contributed by atoms with Gasteiger partial charge in [0.1, 0.15) is 0 Å². The summed E-state index contributed by atoms with van der Waals surface area (Å²) in [5.41, 5.74) is 3.91. The summed E-state index contributed by atoms with van der Waals surface area (Å²) in [4.78, 5) is 27.3. The third-order valence-corrected chi connectivity index (χ3v) is 4.88. The molecule has 2 aromatic carbocycles. The van der Waals surface area contributed by atoms with E-state index in [1.54, 1.807) is 24.8 Å². The summed E-state index contributed by atoms with van der Waals surface area (Å²) in [6.07, 6.45) is 1.75. The van der Waals surface area contributed by atoms with Gasteiger partial charge >= 0.3 is 5.97 Å². The highest BCUT2D eigenvalue weighted by Crippen LogP contribution is 2.35. The second kappa shape index (κ2) is 7.92. The molecule has 0 fully saturated rings. The van der Waals surface area contributed by atoms with E-state index in [1.807, 2.05) is 55.5 Å². The van der Waals surface area contributed by atoms with Crippen LogP contribution in [0.1, 0.15) is 25.0 Å². The van der Waals surface area contributed by atoms with Gasteiger partial charge in [0.15, 0.2) is 0 Å². The normalized spacial score (nSPS) is 15.6. The van der Waals surface area contributed by atoms with Gasteiger partial charge in [-0.05, 0) is 56.7 Å². The number of benzene rings is 2. The molecule has 0 saturated carbocycles. The quantitative estimate of drug-likeness (QED) is 0.509. The molecule has 1 heterocycles. The Labute approximate surface area is 167 Å². The molecule has 0 saturated heterocycles. The van der Waals surface area contributed by atoms with Crippen molar-refractivity contribution in [3.63, 3.8) is 0 Å². The van der Waals surface area contributed by atoms with Crippen molar-refractivity contribution in [1.29, 1.82) is 0 Å². The van der Waals surface area contributed by atoms with Crippen LogP contribution in [0, 0.1) is 6.92 Å². The van der Waals surface area contributed by atoms with Crippen molar-refractivity contribution >= 4 is 39.6 Å². The third-order valence-electron chi connectivity index (χ3n) is 4.35. The number of rotatable bonds is 4. The number of halogens is 1. The Hall–Kier alpha value is -2.66. The standard InChI is InChI=1S/C22H20BrNO3/c1-4-27-22(26)20-15(3)24(18-11-9-17(23)10-12-18)21(25)19(20)13-16-7-5-14(2)6-8-16/h5-13H,4H2,1-3H3. The van der Waals surface area contributed by atoms with Gasteiger partial charge in [-0.25, -0.2) is 4.79 Å². The Kier molecular flexibility index (Phi) is 5.61. The van der Waals surface area contributed by atoms with Crippen LogP contribution in [0.4, 0.5) is 5.69 Å². The van der Waals surface area contributed by atoms with Gasteiger partial charge in [0.2, 0.25) is 0 Å². The van der Waals surface area contributed by atoms with Gasteiger partial charge in [0.05, 0.1) is 17.8 Å². The van der Waals surface area contributed by atoms with E-state index >= 15 is 0 Å². The topological polar surface area (TPSA) is 46.6 Å². The molecule has 2 aromatic rings. The van der Waals surface area contributed by atoms with Gasteiger partial charge < -0.3 is 4.74 Å². The molecule has 0 spiro atoms.